The lowest BCUT2D eigenvalue weighted by Gasteiger charge is -2.13. The predicted molar refractivity (Wildman–Crippen MR) is 108 cm³/mol. The molecule has 0 saturated heterocycles. The molecule has 0 radical (unpaired) electrons. The Bertz CT molecular complexity index is 760. The number of benzene rings is 2. The van der Waals surface area contributed by atoms with E-state index in [0.717, 1.165) is 12.1 Å². The molecule has 0 spiro atoms. The third-order valence-electron chi connectivity index (χ3n) is 4.05. The fourth-order valence-corrected chi connectivity index (χ4v) is 2.38. The maximum absolute atomic E-state index is 12.2. The van der Waals surface area contributed by atoms with Crippen molar-refractivity contribution in [1.82, 2.24) is 5.32 Å². The number of para-hydroxylation sites is 2. The lowest BCUT2D eigenvalue weighted by atomic mass is 10.1. The molecule has 27 heavy (non-hydrogen) atoms. The summed E-state index contributed by atoms with van der Waals surface area (Å²) >= 11 is 0. The quantitative estimate of drug-likeness (QED) is 0.630. The molecule has 144 valence electrons. The number of rotatable bonds is 9. The maximum atomic E-state index is 12.2. The van der Waals surface area contributed by atoms with Crippen LogP contribution in [0.2, 0.25) is 0 Å². The fraction of sp³-hybridized carbons (Fsp3) is 0.333. The Hall–Kier alpha value is -3.02. The molecule has 2 rings (SSSR count). The lowest BCUT2D eigenvalue weighted by Crippen LogP contribution is -2.31. The van der Waals surface area contributed by atoms with E-state index < -0.39 is 0 Å². The summed E-state index contributed by atoms with van der Waals surface area (Å²) in [5.74, 6) is 0.368. The van der Waals surface area contributed by atoms with Crippen molar-refractivity contribution < 1.29 is 14.3 Å². The van der Waals surface area contributed by atoms with E-state index >= 15 is 0 Å². The van der Waals surface area contributed by atoms with Crippen LogP contribution in [0.1, 0.15) is 37.6 Å². The summed E-state index contributed by atoms with van der Waals surface area (Å²) in [7, 11) is 0. The molecule has 1 unspecified atom stereocenters. The van der Waals surface area contributed by atoms with Crippen LogP contribution >= 0.6 is 0 Å². The largest absolute Gasteiger partial charge is 0.492 e. The topological polar surface area (TPSA) is 79.5 Å². The second-order valence-electron chi connectivity index (χ2n) is 6.19. The van der Waals surface area contributed by atoms with Crippen LogP contribution in [0.5, 0.6) is 5.75 Å². The summed E-state index contributed by atoms with van der Waals surface area (Å²) in [5.41, 5.74) is 2.00. The zero-order valence-electron chi connectivity index (χ0n) is 16.0. The van der Waals surface area contributed by atoms with E-state index in [9.17, 15) is 9.59 Å². The highest BCUT2D eigenvalue weighted by Crippen LogP contribution is 2.23. The van der Waals surface area contributed by atoms with Crippen LogP contribution in [0.4, 0.5) is 11.4 Å². The van der Waals surface area contributed by atoms with Crippen LogP contribution < -0.4 is 20.7 Å². The minimum atomic E-state index is -0.180. The first-order chi connectivity index (χ1) is 13.0. The highest BCUT2D eigenvalue weighted by Gasteiger charge is 2.09. The van der Waals surface area contributed by atoms with Gasteiger partial charge in [-0.2, -0.15) is 0 Å². The standard InChI is InChI=1S/C21H27N3O3/c1-4-15(3)23-21(26)16-10-12-17(13-11-16)22-14-20(25)24-18-8-6-7-9-19(18)27-5-2/h6-13,15,22H,4-5,14H2,1-3H3,(H,23,26)(H,24,25). The summed E-state index contributed by atoms with van der Waals surface area (Å²) in [5, 5.41) is 8.81. The Morgan fingerprint density at radius 2 is 1.74 bits per heavy atom. The average Bonchev–Trinajstić information content (AvgIpc) is 2.68. The van der Waals surface area contributed by atoms with Gasteiger partial charge in [-0.25, -0.2) is 0 Å². The minimum Gasteiger partial charge on any atom is -0.492 e. The van der Waals surface area contributed by atoms with Gasteiger partial charge in [0.15, 0.2) is 0 Å². The van der Waals surface area contributed by atoms with Gasteiger partial charge in [0, 0.05) is 17.3 Å². The Morgan fingerprint density at radius 3 is 2.41 bits per heavy atom. The van der Waals surface area contributed by atoms with Gasteiger partial charge >= 0.3 is 0 Å². The van der Waals surface area contributed by atoms with Crippen LogP contribution in [-0.4, -0.2) is 31.0 Å². The Balaban J connectivity index is 1.87. The molecular weight excluding hydrogens is 342 g/mol. The van der Waals surface area contributed by atoms with E-state index in [1.807, 2.05) is 39.0 Å². The normalized spacial score (nSPS) is 11.4. The number of anilines is 2. The van der Waals surface area contributed by atoms with Crippen molar-refractivity contribution in [1.29, 1.82) is 0 Å². The Labute approximate surface area is 160 Å². The fourth-order valence-electron chi connectivity index (χ4n) is 2.38. The summed E-state index contributed by atoms with van der Waals surface area (Å²) in [6.45, 7) is 6.53. The van der Waals surface area contributed by atoms with Crippen LogP contribution in [0.25, 0.3) is 0 Å². The molecule has 2 aromatic rings. The third kappa shape index (κ3) is 6.33. The molecule has 1 atom stereocenters. The van der Waals surface area contributed by atoms with Gasteiger partial charge in [0.25, 0.3) is 5.91 Å². The smallest absolute Gasteiger partial charge is 0.251 e. The van der Waals surface area contributed by atoms with E-state index in [2.05, 4.69) is 16.0 Å². The number of nitrogens with one attached hydrogen (secondary N) is 3. The van der Waals surface area contributed by atoms with Gasteiger partial charge in [-0.05, 0) is 56.7 Å². The van der Waals surface area contributed by atoms with Crippen molar-refractivity contribution in [2.24, 2.45) is 0 Å². The Kier molecular flexibility index (Phi) is 7.67. The van der Waals surface area contributed by atoms with Crippen LogP contribution in [0.15, 0.2) is 48.5 Å². The predicted octanol–water partition coefficient (Wildman–Crippen LogP) is 3.66. The molecule has 0 fully saturated rings. The highest BCUT2D eigenvalue weighted by atomic mass is 16.5. The molecule has 2 aromatic carbocycles. The maximum Gasteiger partial charge on any atom is 0.251 e. The second kappa shape index (κ2) is 10.2. The van der Waals surface area contributed by atoms with Gasteiger partial charge in [-0.15, -0.1) is 0 Å². The van der Waals surface area contributed by atoms with E-state index in [-0.39, 0.29) is 24.4 Å². The molecular formula is C21H27N3O3. The monoisotopic (exact) mass is 369 g/mol. The SMILES string of the molecule is CCOc1ccccc1NC(=O)CNc1ccc(C(=O)NC(C)CC)cc1. The molecule has 0 aromatic heterocycles. The highest BCUT2D eigenvalue weighted by molar-refractivity contribution is 5.96. The second-order valence-corrected chi connectivity index (χ2v) is 6.19. The number of hydrogen-bond acceptors (Lipinski definition) is 4. The number of amides is 2. The number of hydrogen-bond donors (Lipinski definition) is 3. The van der Waals surface area contributed by atoms with Crippen molar-refractivity contribution in [2.45, 2.75) is 33.2 Å². The first kappa shape index (κ1) is 20.3. The molecule has 0 aliphatic rings. The molecule has 0 heterocycles. The zero-order valence-corrected chi connectivity index (χ0v) is 16.0. The first-order valence-corrected chi connectivity index (χ1v) is 9.20. The molecule has 2 amide bonds. The average molecular weight is 369 g/mol. The van der Waals surface area contributed by atoms with Gasteiger partial charge in [0.1, 0.15) is 5.75 Å². The molecule has 0 aliphatic carbocycles. The van der Waals surface area contributed by atoms with Gasteiger partial charge in [-0.3, -0.25) is 9.59 Å². The zero-order chi connectivity index (χ0) is 19.6. The van der Waals surface area contributed by atoms with Crippen molar-refractivity contribution in [3.63, 3.8) is 0 Å². The third-order valence-corrected chi connectivity index (χ3v) is 4.05. The summed E-state index contributed by atoms with van der Waals surface area (Å²) in [4.78, 5) is 24.3. The van der Waals surface area contributed by atoms with E-state index in [4.69, 9.17) is 4.74 Å². The van der Waals surface area contributed by atoms with Crippen LogP contribution in [0, 0.1) is 0 Å². The van der Waals surface area contributed by atoms with Crippen molar-refractivity contribution in [2.75, 3.05) is 23.8 Å². The molecule has 0 bridgehead atoms. The van der Waals surface area contributed by atoms with Crippen molar-refractivity contribution in [3.8, 4) is 5.75 Å². The number of carbonyl (C=O) groups is 2. The summed E-state index contributed by atoms with van der Waals surface area (Å²) in [6, 6.07) is 14.5. The Morgan fingerprint density at radius 1 is 1.04 bits per heavy atom. The lowest BCUT2D eigenvalue weighted by molar-refractivity contribution is -0.114. The molecule has 0 saturated carbocycles. The van der Waals surface area contributed by atoms with Crippen LogP contribution in [-0.2, 0) is 4.79 Å². The van der Waals surface area contributed by atoms with E-state index in [1.54, 1.807) is 30.3 Å². The molecule has 0 aliphatic heterocycles. The van der Waals surface area contributed by atoms with Gasteiger partial charge < -0.3 is 20.7 Å². The number of carbonyl (C=O) groups excluding carboxylic acids is 2. The van der Waals surface area contributed by atoms with E-state index in [1.165, 1.54) is 0 Å². The minimum absolute atomic E-state index is 0.0961. The van der Waals surface area contributed by atoms with Crippen molar-refractivity contribution in [3.05, 3.63) is 54.1 Å². The molecule has 6 nitrogen and oxygen atoms in total. The summed E-state index contributed by atoms with van der Waals surface area (Å²) < 4.78 is 5.50. The van der Waals surface area contributed by atoms with Gasteiger partial charge in [0.05, 0.1) is 18.8 Å². The molecule has 3 N–H and O–H groups in total. The van der Waals surface area contributed by atoms with Gasteiger partial charge in [-0.1, -0.05) is 19.1 Å². The number of ether oxygens (including phenoxy) is 1. The van der Waals surface area contributed by atoms with E-state index in [0.29, 0.717) is 23.6 Å². The van der Waals surface area contributed by atoms with Gasteiger partial charge in [0.2, 0.25) is 5.91 Å². The summed E-state index contributed by atoms with van der Waals surface area (Å²) in [6.07, 6.45) is 0.882. The molecule has 6 heteroatoms. The first-order valence-electron chi connectivity index (χ1n) is 9.20. The van der Waals surface area contributed by atoms with Crippen molar-refractivity contribution >= 4 is 23.2 Å². The van der Waals surface area contributed by atoms with Crippen LogP contribution in [0.3, 0.4) is 0 Å².